The van der Waals surface area contributed by atoms with E-state index in [1.165, 1.54) is 20.2 Å². The van der Waals surface area contributed by atoms with Gasteiger partial charge < -0.3 is 14.8 Å². The number of hydrogen-bond acceptors (Lipinski definition) is 5. The lowest BCUT2D eigenvalue weighted by atomic mass is 10.2. The molecule has 0 aliphatic rings. The van der Waals surface area contributed by atoms with E-state index in [1.54, 1.807) is 36.4 Å². The Labute approximate surface area is 191 Å². The van der Waals surface area contributed by atoms with Gasteiger partial charge in [0.15, 0.2) is 11.5 Å². The highest BCUT2D eigenvalue weighted by Gasteiger charge is 2.12. The van der Waals surface area contributed by atoms with Crippen LogP contribution in [0.5, 0.6) is 11.5 Å². The molecule has 0 aromatic heterocycles. The van der Waals surface area contributed by atoms with Gasteiger partial charge in [-0.25, -0.2) is 5.43 Å². The van der Waals surface area contributed by atoms with Crippen LogP contribution in [0.4, 0.5) is 5.69 Å². The quantitative estimate of drug-likeness (QED) is 0.385. The summed E-state index contributed by atoms with van der Waals surface area (Å²) in [6.07, 6.45) is 1.46. The molecule has 8 heteroatoms. The minimum absolute atomic E-state index is 0.183. The third-order valence-corrected chi connectivity index (χ3v) is 4.61. The van der Waals surface area contributed by atoms with E-state index in [2.05, 4.69) is 15.8 Å². The Hall–Kier alpha value is -3.84. The number of ether oxygens (including phenoxy) is 2. The highest BCUT2D eigenvalue weighted by atomic mass is 35.5. The number of halogens is 1. The first-order valence-electron chi connectivity index (χ1n) is 9.71. The van der Waals surface area contributed by atoms with Crippen LogP contribution < -0.4 is 20.2 Å². The highest BCUT2D eigenvalue weighted by Crippen LogP contribution is 2.36. The van der Waals surface area contributed by atoms with Crippen LogP contribution in [-0.2, 0) is 11.4 Å². The third-order valence-electron chi connectivity index (χ3n) is 4.32. The van der Waals surface area contributed by atoms with Crippen molar-refractivity contribution in [1.82, 2.24) is 5.43 Å². The van der Waals surface area contributed by atoms with Crippen molar-refractivity contribution in [2.75, 3.05) is 12.4 Å². The van der Waals surface area contributed by atoms with E-state index < -0.39 is 5.91 Å². The molecule has 0 heterocycles. The molecule has 2 N–H and O–H groups in total. The number of carbonyl (C=O) groups is 2. The second kappa shape index (κ2) is 11.0. The summed E-state index contributed by atoms with van der Waals surface area (Å²) in [7, 11) is 1.52. The molecule has 7 nitrogen and oxygen atoms in total. The number of nitrogens with zero attached hydrogens (tertiary/aromatic N) is 1. The average Bonchev–Trinajstić information content (AvgIpc) is 2.78. The number of carbonyl (C=O) groups excluding carboxylic acids is 2. The molecule has 3 aromatic rings. The van der Waals surface area contributed by atoms with Gasteiger partial charge >= 0.3 is 0 Å². The number of hydrogen-bond donors (Lipinski definition) is 2. The Kier molecular flexibility index (Phi) is 7.83. The molecule has 0 bridgehead atoms. The Morgan fingerprint density at radius 1 is 1.06 bits per heavy atom. The maximum atomic E-state index is 12.2. The van der Waals surface area contributed by atoms with E-state index in [9.17, 15) is 9.59 Å². The van der Waals surface area contributed by atoms with Crippen molar-refractivity contribution >= 4 is 35.3 Å². The number of nitrogens with one attached hydrogen (secondary N) is 2. The van der Waals surface area contributed by atoms with E-state index in [4.69, 9.17) is 21.1 Å². The summed E-state index contributed by atoms with van der Waals surface area (Å²) in [6.45, 7) is 1.76. The second-order valence-corrected chi connectivity index (χ2v) is 7.17. The molecule has 0 saturated heterocycles. The van der Waals surface area contributed by atoms with Crippen molar-refractivity contribution in [1.29, 1.82) is 0 Å². The molecule has 0 fully saturated rings. The molecule has 0 atom stereocenters. The van der Waals surface area contributed by atoms with Crippen LogP contribution in [-0.4, -0.2) is 25.1 Å². The minimum atomic E-state index is -0.392. The first-order chi connectivity index (χ1) is 15.5. The van der Waals surface area contributed by atoms with Gasteiger partial charge in [0.25, 0.3) is 5.91 Å². The van der Waals surface area contributed by atoms with Crippen LogP contribution in [0, 0.1) is 0 Å². The summed E-state index contributed by atoms with van der Waals surface area (Å²) in [5, 5.41) is 6.98. The second-order valence-electron chi connectivity index (χ2n) is 6.77. The zero-order valence-electron chi connectivity index (χ0n) is 17.6. The van der Waals surface area contributed by atoms with Crippen molar-refractivity contribution in [3.05, 3.63) is 88.4 Å². The molecule has 3 aromatic carbocycles. The molecule has 0 aliphatic carbocycles. The van der Waals surface area contributed by atoms with Gasteiger partial charge in [0.05, 0.1) is 18.3 Å². The van der Waals surface area contributed by atoms with Crippen LogP contribution >= 0.6 is 11.6 Å². The molecule has 0 spiro atoms. The molecule has 0 radical (unpaired) electrons. The summed E-state index contributed by atoms with van der Waals surface area (Å²) < 4.78 is 11.2. The molecule has 0 unspecified atom stereocenters. The van der Waals surface area contributed by atoms with Crippen molar-refractivity contribution in [2.24, 2.45) is 5.10 Å². The lowest BCUT2D eigenvalue weighted by Crippen LogP contribution is -2.17. The van der Waals surface area contributed by atoms with Crippen molar-refractivity contribution in [3.8, 4) is 11.5 Å². The van der Waals surface area contributed by atoms with Gasteiger partial charge in [-0.3, -0.25) is 9.59 Å². The molecule has 2 amide bonds. The lowest BCUT2D eigenvalue weighted by Gasteiger charge is -2.13. The maximum absolute atomic E-state index is 12.2. The Morgan fingerprint density at radius 3 is 2.44 bits per heavy atom. The summed E-state index contributed by atoms with van der Waals surface area (Å²) >= 11 is 6.38. The summed E-state index contributed by atoms with van der Waals surface area (Å²) in [5.41, 5.74) is 5.09. The number of hydrazone groups is 1. The number of rotatable bonds is 8. The molecule has 3 rings (SSSR count). The summed E-state index contributed by atoms with van der Waals surface area (Å²) in [6, 6.07) is 19.6. The molecule has 0 saturated carbocycles. The first-order valence-corrected chi connectivity index (χ1v) is 10.1. The third kappa shape index (κ3) is 6.33. The number of anilines is 1. The maximum Gasteiger partial charge on any atom is 0.271 e. The normalized spacial score (nSPS) is 10.6. The zero-order chi connectivity index (χ0) is 22.9. The minimum Gasteiger partial charge on any atom is -0.493 e. The van der Waals surface area contributed by atoms with Gasteiger partial charge in [-0.2, -0.15) is 5.10 Å². The van der Waals surface area contributed by atoms with E-state index in [0.717, 1.165) is 5.56 Å². The van der Waals surface area contributed by atoms with E-state index >= 15 is 0 Å². The molecule has 164 valence electrons. The number of amides is 2. The molecule has 0 aliphatic heterocycles. The molecular formula is C24H22ClN3O4. The van der Waals surface area contributed by atoms with Gasteiger partial charge in [-0.05, 0) is 47.5 Å². The first kappa shape index (κ1) is 22.8. The van der Waals surface area contributed by atoms with Gasteiger partial charge in [-0.1, -0.05) is 41.9 Å². The van der Waals surface area contributed by atoms with E-state index in [0.29, 0.717) is 39.9 Å². The van der Waals surface area contributed by atoms with Gasteiger partial charge in [-0.15, -0.1) is 0 Å². The Bertz CT molecular complexity index is 1120. The predicted molar refractivity (Wildman–Crippen MR) is 125 cm³/mol. The SMILES string of the molecule is COc1cc(C=NNC(=O)c2ccc(NC(C)=O)cc2)cc(Cl)c1OCc1ccccc1. The van der Waals surface area contributed by atoms with Crippen LogP contribution in [0.1, 0.15) is 28.4 Å². The monoisotopic (exact) mass is 451 g/mol. The fourth-order valence-electron chi connectivity index (χ4n) is 2.82. The Morgan fingerprint density at radius 2 is 1.78 bits per heavy atom. The number of methoxy groups -OCH3 is 1. The van der Waals surface area contributed by atoms with Crippen LogP contribution in [0.15, 0.2) is 71.8 Å². The number of benzene rings is 3. The van der Waals surface area contributed by atoms with Crippen molar-refractivity contribution < 1.29 is 19.1 Å². The van der Waals surface area contributed by atoms with Gasteiger partial charge in [0.1, 0.15) is 6.61 Å². The van der Waals surface area contributed by atoms with Crippen LogP contribution in [0.2, 0.25) is 5.02 Å². The van der Waals surface area contributed by atoms with Crippen molar-refractivity contribution in [2.45, 2.75) is 13.5 Å². The summed E-state index contributed by atoms with van der Waals surface area (Å²) in [4.78, 5) is 23.3. The fourth-order valence-corrected chi connectivity index (χ4v) is 3.10. The highest BCUT2D eigenvalue weighted by molar-refractivity contribution is 6.32. The van der Waals surface area contributed by atoms with Gasteiger partial charge in [0, 0.05) is 18.2 Å². The Balaban J connectivity index is 1.64. The van der Waals surface area contributed by atoms with Crippen molar-refractivity contribution in [3.63, 3.8) is 0 Å². The fraction of sp³-hybridized carbons (Fsp3) is 0.125. The average molecular weight is 452 g/mol. The zero-order valence-corrected chi connectivity index (χ0v) is 18.3. The smallest absolute Gasteiger partial charge is 0.271 e. The predicted octanol–water partition coefficient (Wildman–Crippen LogP) is 4.65. The van der Waals surface area contributed by atoms with Crippen LogP contribution in [0.3, 0.4) is 0 Å². The van der Waals surface area contributed by atoms with Crippen LogP contribution in [0.25, 0.3) is 0 Å². The standard InChI is InChI=1S/C24H22ClN3O4/c1-16(29)27-20-10-8-19(9-11-20)24(30)28-26-14-18-12-21(25)23(22(13-18)31-2)32-15-17-6-4-3-5-7-17/h3-14H,15H2,1-2H3,(H,27,29)(H,28,30). The lowest BCUT2D eigenvalue weighted by molar-refractivity contribution is -0.114. The topological polar surface area (TPSA) is 89.0 Å². The van der Waals surface area contributed by atoms with Gasteiger partial charge in [0.2, 0.25) is 5.91 Å². The molecular weight excluding hydrogens is 430 g/mol. The molecule has 32 heavy (non-hydrogen) atoms. The largest absolute Gasteiger partial charge is 0.493 e. The van der Waals surface area contributed by atoms with E-state index in [1.807, 2.05) is 30.3 Å². The summed E-state index contributed by atoms with van der Waals surface area (Å²) in [5.74, 6) is 0.308. The van der Waals surface area contributed by atoms with E-state index in [-0.39, 0.29) is 5.91 Å².